The number of hydrogen-bond donors (Lipinski definition) is 3. The number of carbonyl (C=O) groups excluding carboxylic acids is 1. The molecule has 0 aliphatic carbocycles. The number of urea groups is 1. The Kier molecular flexibility index (Phi) is 4.89. The molecule has 1 aromatic carbocycles. The van der Waals surface area contributed by atoms with Crippen LogP contribution in [-0.2, 0) is 10.0 Å². The highest BCUT2D eigenvalue weighted by atomic mass is 32.2. The van der Waals surface area contributed by atoms with E-state index in [2.05, 4.69) is 0 Å². The van der Waals surface area contributed by atoms with Gasteiger partial charge in [-0.25, -0.2) is 13.2 Å². The summed E-state index contributed by atoms with van der Waals surface area (Å²) in [6, 6.07) is 5.20. The van der Waals surface area contributed by atoms with Gasteiger partial charge in [-0.15, -0.1) is 4.83 Å². The van der Waals surface area contributed by atoms with E-state index in [0.717, 1.165) is 5.56 Å². The Labute approximate surface area is 93.6 Å². The lowest BCUT2D eigenvalue weighted by molar-refractivity contribution is 0.247. The van der Waals surface area contributed by atoms with Crippen LogP contribution in [0.3, 0.4) is 0 Å². The van der Waals surface area contributed by atoms with Crippen LogP contribution in [-0.4, -0.2) is 14.4 Å². The van der Waals surface area contributed by atoms with Crippen molar-refractivity contribution in [3.8, 4) is 0 Å². The molecule has 7 nitrogen and oxygen atoms in total. The second-order valence-electron chi connectivity index (χ2n) is 2.91. The molecule has 0 aliphatic heterocycles. The number of carbonyl (C=O) groups is 1. The molecule has 1 aromatic rings. The monoisotopic (exact) mass is 243 g/mol. The van der Waals surface area contributed by atoms with Gasteiger partial charge in [-0.3, -0.25) is 5.43 Å². The van der Waals surface area contributed by atoms with Crippen LogP contribution in [0.4, 0.5) is 4.79 Å². The van der Waals surface area contributed by atoms with Gasteiger partial charge in [0.1, 0.15) is 0 Å². The van der Waals surface area contributed by atoms with Gasteiger partial charge in [0.15, 0.2) is 0 Å². The number of aryl methyl sites for hydroxylation is 1. The predicted molar refractivity (Wildman–Crippen MR) is 56.4 cm³/mol. The first-order valence-electron chi connectivity index (χ1n) is 4.06. The molecule has 87 valence electrons. The molecule has 1 rings (SSSR count). The topological polar surface area (TPSA) is 132 Å². The smallest absolute Gasteiger partial charge is 0.327 e. The standard InChI is InChI=1S/C8H11N3O3S.N/c1-6-2-4-7(5-3-6)15(13,14)11-10-8(9)12;/h2-5,11H,1H3,(H3,9,10,12);. The van der Waals surface area contributed by atoms with Crippen LogP contribution < -0.4 is 22.1 Å². The van der Waals surface area contributed by atoms with E-state index in [1.165, 1.54) is 12.1 Å². The van der Waals surface area contributed by atoms with Crippen LogP contribution in [0, 0.1) is 6.92 Å². The van der Waals surface area contributed by atoms with Crippen molar-refractivity contribution in [3.05, 3.63) is 29.8 Å². The SMILES string of the molecule is Cc1ccc(S(=O)(=O)NNC(N)=O)cc1.[N]. The Hall–Kier alpha value is -1.64. The molecule has 0 saturated carbocycles. The summed E-state index contributed by atoms with van der Waals surface area (Å²) in [7, 11) is -3.73. The minimum absolute atomic E-state index is 0. The fraction of sp³-hybridized carbons (Fsp3) is 0.125. The second-order valence-corrected chi connectivity index (χ2v) is 4.59. The molecule has 8 heteroatoms. The molecule has 0 aliphatic rings. The van der Waals surface area contributed by atoms with Gasteiger partial charge in [-0.05, 0) is 19.1 Å². The zero-order valence-electron chi connectivity index (χ0n) is 8.47. The van der Waals surface area contributed by atoms with Crippen LogP contribution in [0.1, 0.15) is 5.56 Å². The van der Waals surface area contributed by atoms with Crippen molar-refractivity contribution in [2.24, 2.45) is 5.73 Å². The summed E-state index contributed by atoms with van der Waals surface area (Å²) >= 11 is 0. The summed E-state index contributed by atoms with van der Waals surface area (Å²) in [5.41, 5.74) is 7.47. The lowest BCUT2D eigenvalue weighted by Crippen LogP contribution is -2.44. The van der Waals surface area contributed by atoms with Gasteiger partial charge in [-0.1, -0.05) is 17.7 Å². The molecule has 0 atom stereocenters. The van der Waals surface area contributed by atoms with Crippen molar-refractivity contribution in [3.63, 3.8) is 0 Å². The first-order valence-corrected chi connectivity index (χ1v) is 5.54. The maximum Gasteiger partial charge on any atom is 0.327 e. The summed E-state index contributed by atoms with van der Waals surface area (Å²) in [5, 5.41) is 0. The lowest BCUT2D eigenvalue weighted by atomic mass is 10.2. The first-order chi connectivity index (χ1) is 6.92. The van der Waals surface area contributed by atoms with E-state index in [1.54, 1.807) is 17.6 Å². The van der Waals surface area contributed by atoms with Crippen LogP contribution >= 0.6 is 0 Å². The average Bonchev–Trinajstić information content (AvgIpc) is 2.16. The van der Waals surface area contributed by atoms with E-state index in [-0.39, 0.29) is 11.0 Å². The predicted octanol–water partition coefficient (Wildman–Crippen LogP) is -0.624. The first kappa shape index (κ1) is 14.4. The van der Waals surface area contributed by atoms with Gasteiger partial charge in [0, 0.05) is 6.15 Å². The highest BCUT2D eigenvalue weighted by Crippen LogP contribution is 2.08. The number of hydrazine groups is 1. The molecule has 0 bridgehead atoms. The molecule has 2 amide bonds. The molecule has 0 unspecified atom stereocenters. The average molecular weight is 243 g/mol. The van der Waals surface area contributed by atoms with E-state index >= 15 is 0 Å². The maximum absolute atomic E-state index is 11.5. The van der Waals surface area contributed by atoms with Gasteiger partial charge in [0.05, 0.1) is 4.90 Å². The van der Waals surface area contributed by atoms with E-state index in [0.29, 0.717) is 0 Å². The van der Waals surface area contributed by atoms with Crippen molar-refractivity contribution in [1.29, 1.82) is 0 Å². The summed E-state index contributed by atoms with van der Waals surface area (Å²) in [5.74, 6) is 0. The molecule has 0 heterocycles. The van der Waals surface area contributed by atoms with E-state index in [1.807, 2.05) is 11.8 Å². The third-order valence-electron chi connectivity index (χ3n) is 1.64. The summed E-state index contributed by atoms with van der Waals surface area (Å²) < 4.78 is 22.9. The highest BCUT2D eigenvalue weighted by molar-refractivity contribution is 7.89. The fourth-order valence-corrected chi connectivity index (χ4v) is 1.74. The van der Waals surface area contributed by atoms with Gasteiger partial charge in [0.2, 0.25) is 0 Å². The molecule has 0 fully saturated rings. The second kappa shape index (κ2) is 5.45. The Morgan fingerprint density at radius 1 is 1.25 bits per heavy atom. The number of rotatable bonds is 3. The number of nitrogens with two attached hydrogens (primary N) is 1. The zero-order chi connectivity index (χ0) is 11.5. The summed E-state index contributed by atoms with van der Waals surface area (Å²) in [4.78, 5) is 12.2. The van der Waals surface area contributed by atoms with Crippen LogP contribution in [0.2, 0.25) is 0 Å². The minimum Gasteiger partial charge on any atom is -0.351 e. The van der Waals surface area contributed by atoms with E-state index in [9.17, 15) is 13.2 Å². The summed E-state index contributed by atoms with van der Waals surface area (Å²) in [6.45, 7) is 1.84. The number of benzene rings is 1. The molecule has 4 N–H and O–H groups in total. The van der Waals surface area contributed by atoms with Crippen LogP contribution in [0.5, 0.6) is 0 Å². The Morgan fingerprint density at radius 2 is 1.75 bits per heavy atom. The van der Waals surface area contributed by atoms with Crippen LogP contribution in [0.25, 0.3) is 0 Å². The highest BCUT2D eigenvalue weighted by Gasteiger charge is 2.13. The molecular formula is C8H11N4O3S. The van der Waals surface area contributed by atoms with E-state index < -0.39 is 16.1 Å². The molecule has 16 heavy (non-hydrogen) atoms. The molecule has 0 spiro atoms. The quantitative estimate of drug-likeness (QED) is 0.611. The third-order valence-corrected chi connectivity index (χ3v) is 2.90. The maximum atomic E-state index is 11.5. The summed E-state index contributed by atoms with van der Waals surface area (Å²) in [6.07, 6.45) is 0. The number of hydrogen-bond acceptors (Lipinski definition) is 3. The van der Waals surface area contributed by atoms with Gasteiger partial charge < -0.3 is 5.73 Å². The molecular weight excluding hydrogens is 232 g/mol. The van der Waals surface area contributed by atoms with Gasteiger partial charge in [-0.2, -0.15) is 0 Å². The number of sulfonamides is 1. The Morgan fingerprint density at radius 3 is 2.19 bits per heavy atom. The van der Waals surface area contributed by atoms with E-state index in [4.69, 9.17) is 5.73 Å². The lowest BCUT2D eigenvalue weighted by Gasteiger charge is -2.06. The van der Waals surface area contributed by atoms with Crippen molar-refractivity contribution < 1.29 is 13.2 Å². The number of amides is 2. The molecule has 0 aromatic heterocycles. The third kappa shape index (κ3) is 3.85. The fourth-order valence-electron chi connectivity index (χ4n) is 0.894. The van der Waals surface area contributed by atoms with Gasteiger partial charge in [0.25, 0.3) is 10.0 Å². The van der Waals surface area contributed by atoms with Crippen molar-refractivity contribution >= 4 is 16.1 Å². The Bertz CT molecular complexity index is 455. The number of nitrogens with zero attached hydrogens (tertiary/aromatic N) is 1. The normalized spacial score (nSPS) is 10.3. The van der Waals surface area contributed by atoms with Crippen molar-refractivity contribution in [2.75, 3.05) is 0 Å². The molecule has 3 radical (unpaired) electrons. The number of nitrogens with one attached hydrogen (secondary N) is 2. The largest absolute Gasteiger partial charge is 0.351 e. The van der Waals surface area contributed by atoms with Crippen molar-refractivity contribution in [1.82, 2.24) is 16.4 Å². The van der Waals surface area contributed by atoms with Crippen LogP contribution in [0.15, 0.2) is 29.2 Å². The molecule has 0 saturated heterocycles. The zero-order valence-corrected chi connectivity index (χ0v) is 9.28. The van der Waals surface area contributed by atoms with Crippen molar-refractivity contribution in [2.45, 2.75) is 11.8 Å². The minimum atomic E-state index is -3.73. The Balaban J connectivity index is 0.00000225. The van der Waals surface area contributed by atoms with Gasteiger partial charge >= 0.3 is 6.03 Å². The number of primary amides is 1.